The van der Waals surface area contributed by atoms with E-state index in [-0.39, 0.29) is 0 Å². The van der Waals surface area contributed by atoms with Crippen LogP contribution in [0.3, 0.4) is 0 Å². The van der Waals surface area contributed by atoms with E-state index in [1.807, 2.05) is 6.07 Å². The molecule has 25 heavy (non-hydrogen) atoms. The second-order valence-corrected chi connectivity index (χ2v) is 5.41. The molecule has 7 heteroatoms. The molecular weight excluding hydrogens is 342 g/mol. The molecule has 0 aromatic heterocycles. The third-order valence-electron chi connectivity index (χ3n) is 3.38. The molecule has 1 N–H and O–H groups in total. The Morgan fingerprint density at radius 1 is 1.28 bits per heavy atom. The number of amides is 1. The largest absolute Gasteiger partial charge is 0.495 e. The lowest BCUT2D eigenvalue weighted by atomic mass is 10.1. The molecule has 6 nitrogen and oxygen atoms in total. The number of hydrogen-bond acceptors (Lipinski definition) is 5. The Labute approximate surface area is 150 Å². The molecule has 0 fully saturated rings. The van der Waals surface area contributed by atoms with Gasteiger partial charge < -0.3 is 9.47 Å². The fourth-order valence-electron chi connectivity index (χ4n) is 2.14. The lowest BCUT2D eigenvalue weighted by Gasteiger charge is -2.13. The summed E-state index contributed by atoms with van der Waals surface area (Å²) in [7, 11) is 2.92. The number of hydrogen-bond donors (Lipinski definition) is 1. The van der Waals surface area contributed by atoms with Crippen LogP contribution in [0.5, 0.6) is 5.75 Å². The number of nitriles is 1. The fourth-order valence-corrected chi connectivity index (χ4v) is 2.27. The number of nitrogens with zero attached hydrogens (tertiary/aromatic N) is 2. The quantitative estimate of drug-likeness (QED) is 0.636. The number of halogens is 1. The Balaban J connectivity index is 2.06. The van der Waals surface area contributed by atoms with Crippen LogP contribution in [-0.2, 0) is 9.53 Å². The summed E-state index contributed by atoms with van der Waals surface area (Å²) in [6.07, 6.45) is 0.654. The number of carbonyl (C=O) groups is 1. The number of carbonyl (C=O) groups excluding carboxylic acids is 1. The van der Waals surface area contributed by atoms with Gasteiger partial charge in [0.2, 0.25) is 0 Å². The molecule has 0 aliphatic heterocycles. The molecule has 0 heterocycles. The monoisotopic (exact) mass is 357 g/mol. The molecule has 0 saturated carbocycles. The van der Waals surface area contributed by atoms with Crippen molar-refractivity contribution in [2.45, 2.75) is 6.10 Å². The summed E-state index contributed by atoms with van der Waals surface area (Å²) in [6.45, 7) is 0. The van der Waals surface area contributed by atoms with Gasteiger partial charge in [-0.3, -0.25) is 4.79 Å². The van der Waals surface area contributed by atoms with Crippen molar-refractivity contribution in [2.75, 3.05) is 14.2 Å². The van der Waals surface area contributed by atoms with E-state index in [0.717, 1.165) is 0 Å². The van der Waals surface area contributed by atoms with Gasteiger partial charge in [-0.25, -0.2) is 5.43 Å². The molecule has 1 unspecified atom stereocenters. The summed E-state index contributed by atoms with van der Waals surface area (Å²) in [6, 6.07) is 13.8. The molecule has 1 amide bonds. The van der Waals surface area contributed by atoms with E-state index in [0.29, 0.717) is 27.5 Å². The zero-order valence-corrected chi connectivity index (χ0v) is 14.4. The van der Waals surface area contributed by atoms with Gasteiger partial charge in [-0.05, 0) is 35.4 Å². The molecule has 2 aromatic rings. The standard InChI is InChI=1S/C18H16ClN3O3/c1-24-16-9-12(3-4-14(16)10-20)11-21-22-18(23)17(25-2)13-5-7-15(19)8-6-13/h3-9,11,17H,1-2H3,(H,22,23)/b21-11+. The van der Waals surface area contributed by atoms with Crippen molar-refractivity contribution < 1.29 is 14.3 Å². The predicted molar refractivity (Wildman–Crippen MR) is 94.6 cm³/mol. The topological polar surface area (TPSA) is 83.7 Å². The average molecular weight is 358 g/mol. The van der Waals surface area contributed by atoms with E-state index >= 15 is 0 Å². The molecule has 0 saturated heterocycles. The molecule has 2 rings (SSSR count). The first kappa shape index (κ1) is 18.5. The molecule has 0 bridgehead atoms. The summed E-state index contributed by atoms with van der Waals surface area (Å²) in [5.41, 5.74) is 4.19. The number of ether oxygens (including phenoxy) is 2. The van der Waals surface area contributed by atoms with Crippen molar-refractivity contribution in [1.29, 1.82) is 5.26 Å². The van der Waals surface area contributed by atoms with Gasteiger partial charge >= 0.3 is 0 Å². The van der Waals surface area contributed by atoms with E-state index in [1.54, 1.807) is 42.5 Å². The zero-order valence-electron chi connectivity index (χ0n) is 13.7. The lowest BCUT2D eigenvalue weighted by Crippen LogP contribution is -2.26. The van der Waals surface area contributed by atoms with Gasteiger partial charge in [0.1, 0.15) is 11.8 Å². The number of rotatable bonds is 6. The maximum Gasteiger partial charge on any atom is 0.273 e. The molecule has 0 aliphatic rings. The summed E-state index contributed by atoms with van der Waals surface area (Å²) in [4.78, 5) is 12.2. The lowest BCUT2D eigenvalue weighted by molar-refractivity contribution is -0.131. The first-order valence-corrected chi connectivity index (χ1v) is 7.66. The first-order valence-electron chi connectivity index (χ1n) is 7.28. The average Bonchev–Trinajstić information content (AvgIpc) is 2.63. The van der Waals surface area contributed by atoms with Crippen molar-refractivity contribution in [1.82, 2.24) is 5.43 Å². The smallest absolute Gasteiger partial charge is 0.273 e. The van der Waals surface area contributed by atoms with Crippen molar-refractivity contribution in [3.63, 3.8) is 0 Å². The number of methoxy groups -OCH3 is 2. The minimum Gasteiger partial charge on any atom is -0.495 e. The molecule has 0 radical (unpaired) electrons. The molecule has 0 spiro atoms. The third-order valence-corrected chi connectivity index (χ3v) is 3.63. The number of benzene rings is 2. The van der Waals surface area contributed by atoms with Crippen molar-refractivity contribution in [3.05, 3.63) is 64.2 Å². The predicted octanol–water partition coefficient (Wildman–Crippen LogP) is 3.06. The van der Waals surface area contributed by atoms with Crippen LogP contribution in [0.2, 0.25) is 5.02 Å². The second kappa shape index (κ2) is 8.83. The normalized spacial score (nSPS) is 11.8. The van der Waals surface area contributed by atoms with Crippen LogP contribution >= 0.6 is 11.6 Å². The highest BCUT2D eigenvalue weighted by molar-refractivity contribution is 6.30. The fraction of sp³-hybridized carbons (Fsp3) is 0.167. The highest BCUT2D eigenvalue weighted by Gasteiger charge is 2.19. The van der Waals surface area contributed by atoms with Crippen LogP contribution in [0.15, 0.2) is 47.6 Å². The van der Waals surface area contributed by atoms with Crippen LogP contribution in [0.25, 0.3) is 0 Å². The minimum atomic E-state index is -0.801. The molecule has 2 aromatic carbocycles. The van der Waals surface area contributed by atoms with Crippen LogP contribution in [0.4, 0.5) is 0 Å². The molecule has 1 atom stereocenters. The van der Waals surface area contributed by atoms with E-state index in [2.05, 4.69) is 10.5 Å². The van der Waals surface area contributed by atoms with Gasteiger partial charge in [0.05, 0.1) is 18.9 Å². The van der Waals surface area contributed by atoms with Crippen LogP contribution in [0.1, 0.15) is 22.8 Å². The Morgan fingerprint density at radius 3 is 2.60 bits per heavy atom. The Kier molecular flexibility index (Phi) is 6.52. The van der Waals surface area contributed by atoms with Crippen molar-refractivity contribution >= 4 is 23.7 Å². The van der Waals surface area contributed by atoms with Gasteiger partial charge in [0, 0.05) is 12.1 Å². The number of hydrazone groups is 1. The van der Waals surface area contributed by atoms with E-state index in [1.165, 1.54) is 20.4 Å². The van der Waals surface area contributed by atoms with E-state index in [9.17, 15) is 4.79 Å². The van der Waals surface area contributed by atoms with Gasteiger partial charge in [-0.15, -0.1) is 0 Å². The maximum atomic E-state index is 12.2. The summed E-state index contributed by atoms with van der Waals surface area (Å²) in [5.74, 6) is 0.0235. The van der Waals surface area contributed by atoms with E-state index in [4.69, 9.17) is 26.3 Å². The van der Waals surface area contributed by atoms with Gasteiger partial charge in [-0.1, -0.05) is 29.8 Å². The molecular formula is C18H16ClN3O3. The van der Waals surface area contributed by atoms with Crippen molar-refractivity contribution in [2.24, 2.45) is 5.10 Å². The summed E-state index contributed by atoms with van der Waals surface area (Å²) < 4.78 is 10.3. The van der Waals surface area contributed by atoms with E-state index < -0.39 is 12.0 Å². The van der Waals surface area contributed by atoms with Crippen LogP contribution in [-0.4, -0.2) is 26.3 Å². The minimum absolute atomic E-state index is 0.415. The van der Waals surface area contributed by atoms with Crippen LogP contribution in [0, 0.1) is 11.3 Å². The first-order chi connectivity index (χ1) is 12.1. The highest BCUT2D eigenvalue weighted by atomic mass is 35.5. The Hall–Kier alpha value is -2.88. The van der Waals surface area contributed by atoms with Crippen molar-refractivity contribution in [3.8, 4) is 11.8 Å². The Morgan fingerprint density at radius 2 is 2.00 bits per heavy atom. The maximum absolute atomic E-state index is 12.2. The van der Waals surface area contributed by atoms with Gasteiger partial charge in [0.25, 0.3) is 5.91 Å². The van der Waals surface area contributed by atoms with Gasteiger partial charge in [-0.2, -0.15) is 10.4 Å². The van der Waals surface area contributed by atoms with Crippen LogP contribution < -0.4 is 10.2 Å². The Bertz CT molecular complexity index is 813. The molecule has 0 aliphatic carbocycles. The summed E-state index contributed by atoms with van der Waals surface area (Å²) in [5, 5.41) is 13.5. The summed E-state index contributed by atoms with van der Waals surface area (Å²) >= 11 is 5.84. The van der Waals surface area contributed by atoms with Gasteiger partial charge in [0.15, 0.2) is 6.10 Å². The SMILES string of the molecule is COc1cc(/C=N/NC(=O)C(OC)c2ccc(Cl)cc2)ccc1C#N. The third kappa shape index (κ3) is 4.80. The zero-order chi connectivity index (χ0) is 18.2. The highest BCUT2D eigenvalue weighted by Crippen LogP contribution is 2.20. The molecule has 128 valence electrons. The second-order valence-electron chi connectivity index (χ2n) is 4.97. The number of nitrogens with one attached hydrogen (secondary N) is 1.